The third-order valence-corrected chi connectivity index (χ3v) is 5.50. The third-order valence-electron chi connectivity index (χ3n) is 5.50. The predicted octanol–water partition coefficient (Wildman–Crippen LogP) is 2.84. The fraction of sp³-hybridized carbons (Fsp3) is 0.600. The van der Waals surface area contributed by atoms with Crippen LogP contribution in [0, 0.1) is 0 Å². The number of rotatable bonds is 5. The van der Waals surface area contributed by atoms with E-state index in [1.807, 2.05) is 29.2 Å². The number of nitrogens with one attached hydrogen (secondary N) is 1. The zero-order valence-corrected chi connectivity index (χ0v) is 14.9. The van der Waals surface area contributed by atoms with E-state index in [1.165, 1.54) is 0 Å². The monoisotopic (exact) mass is 343 g/mol. The Balaban J connectivity index is 1.49. The van der Waals surface area contributed by atoms with Gasteiger partial charge in [-0.25, -0.2) is 0 Å². The van der Waals surface area contributed by atoms with Crippen molar-refractivity contribution in [2.24, 2.45) is 5.73 Å². The second kappa shape index (κ2) is 8.00. The number of amides is 2. The summed E-state index contributed by atoms with van der Waals surface area (Å²) in [5.74, 6) is 0.168. The zero-order chi connectivity index (χ0) is 17.7. The lowest BCUT2D eigenvalue weighted by Crippen LogP contribution is -2.52. The second-order valence-electron chi connectivity index (χ2n) is 7.46. The molecule has 1 aliphatic heterocycles. The summed E-state index contributed by atoms with van der Waals surface area (Å²) in [6.45, 7) is 1.81. The maximum Gasteiger partial charge on any atom is 0.244 e. The highest BCUT2D eigenvalue weighted by Crippen LogP contribution is 2.27. The molecule has 2 fully saturated rings. The Morgan fingerprint density at radius 1 is 1.00 bits per heavy atom. The maximum atomic E-state index is 12.4. The Morgan fingerprint density at radius 3 is 2.28 bits per heavy atom. The normalized spacial score (nSPS) is 19.6. The number of anilines is 1. The van der Waals surface area contributed by atoms with Gasteiger partial charge in [0.15, 0.2) is 0 Å². The van der Waals surface area contributed by atoms with Crippen molar-refractivity contribution in [3.63, 3.8) is 0 Å². The summed E-state index contributed by atoms with van der Waals surface area (Å²) in [4.78, 5) is 26.5. The van der Waals surface area contributed by atoms with Gasteiger partial charge in [0.1, 0.15) is 0 Å². The van der Waals surface area contributed by atoms with Crippen LogP contribution in [-0.2, 0) is 16.0 Å². The van der Waals surface area contributed by atoms with E-state index in [1.54, 1.807) is 0 Å². The van der Waals surface area contributed by atoms with Gasteiger partial charge in [-0.05, 0) is 49.8 Å². The molecule has 0 spiro atoms. The number of nitrogens with two attached hydrogens (primary N) is 1. The summed E-state index contributed by atoms with van der Waals surface area (Å²) in [6.07, 6.45) is 8.28. The number of hydrogen-bond donors (Lipinski definition) is 2. The summed E-state index contributed by atoms with van der Waals surface area (Å²) >= 11 is 0. The molecule has 1 aromatic carbocycles. The quantitative estimate of drug-likeness (QED) is 0.863. The van der Waals surface area contributed by atoms with Crippen LogP contribution in [0.3, 0.4) is 0 Å². The summed E-state index contributed by atoms with van der Waals surface area (Å²) in [5, 5.41) is 2.95. The molecule has 25 heavy (non-hydrogen) atoms. The predicted molar refractivity (Wildman–Crippen MR) is 99.2 cm³/mol. The molecule has 0 radical (unpaired) electrons. The average molecular weight is 343 g/mol. The highest BCUT2D eigenvalue weighted by Gasteiger charge is 2.35. The number of hydrogen-bond acceptors (Lipinski definition) is 3. The fourth-order valence-corrected chi connectivity index (χ4v) is 3.80. The van der Waals surface area contributed by atoms with Gasteiger partial charge in [0.05, 0.1) is 5.54 Å². The smallest absolute Gasteiger partial charge is 0.244 e. The number of carbonyl (C=O) groups excluding carboxylic acids is 2. The van der Waals surface area contributed by atoms with E-state index >= 15 is 0 Å². The molecule has 5 nitrogen and oxygen atoms in total. The van der Waals surface area contributed by atoms with Gasteiger partial charge in [0.2, 0.25) is 11.8 Å². The fourth-order valence-electron chi connectivity index (χ4n) is 3.80. The number of aryl methyl sites for hydroxylation is 1. The molecule has 1 aliphatic carbocycles. The lowest BCUT2D eigenvalue weighted by molar-refractivity contribution is -0.130. The molecule has 3 rings (SSSR count). The molecule has 1 saturated heterocycles. The number of carbonyl (C=O) groups is 2. The van der Waals surface area contributed by atoms with Gasteiger partial charge in [-0.1, -0.05) is 31.4 Å². The highest BCUT2D eigenvalue weighted by atomic mass is 16.2. The van der Waals surface area contributed by atoms with Gasteiger partial charge in [-0.15, -0.1) is 0 Å². The minimum atomic E-state index is -0.723. The topological polar surface area (TPSA) is 75.4 Å². The van der Waals surface area contributed by atoms with Gasteiger partial charge >= 0.3 is 0 Å². The summed E-state index contributed by atoms with van der Waals surface area (Å²) < 4.78 is 0. The maximum absolute atomic E-state index is 12.4. The van der Waals surface area contributed by atoms with Gasteiger partial charge in [0, 0.05) is 25.2 Å². The number of likely N-dealkylation sites (tertiary alicyclic amines) is 1. The molecule has 2 amide bonds. The molecule has 3 N–H and O–H groups in total. The molecular formula is C20H29N3O2. The van der Waals surface area contributed by atoms with Crippen LogP contribution in [0.4, 0.5) is 5.69 Å². The van der Waals surface area contributed by atoms with Crippen LogP contribution in [0.15, 0.2) is 24.3 Å². The van der Waals surface area contributed by atoms with Crippen molar-refractivity contribution in [1.29, 1.82) is 0 Å². The lowest BCUT2D eigenvalue weighted by atomic mass is 9.82. The first kappa shape index (κ1) is 17.9. The zero-order valence-electron chi connectivity index (χ0n) is 14.9. The minimum absolute atomic E-state index is 0.0795. The number of nitrogens with zero attached hydrogens (tertiary/aromatic N) is 1. The molecule has 0 bridgehead atoms. The number of benzene rings is 1. The van der Waals surface area contributed by atoms with Crippen molar-refractivity contribution in [3.05, 3.63) is 29.8 Å². The van der Waals surface area contributed by atoms with Gasteiger partial charge < -0.3 is 16.0 Å². The highest BCUT2D eigenvalue weighted by molar-refractivity contribution is 5.98. The molecule has 2 aliphatic rings. The lowest BCUT2D eigenvalue weighted by Gasteiger charge is -2.31. The van der Waals surface area contributed by atoms with Crippen molar-refractivity contribution < 1.29 is 9.59 Å². The molecule has 136 valence electrons. The van der Waals surface area contributed by atoms with E-state index < -0.39 is 5.54 Å². The third kappa shape index (κ3) is 4.60. The molecule has 1 aromatic rings. The van der Waals surface area contributed by atoms with Crippen LogP contribution in [0.2, 0.25) is 0 Å². The van der Waals surface area contributed by atoms with E-state index in [0.717, 1.165) is 75.7 Å². The largest absolute Gasteiger partial charge is 0.343 e. The van der Waals surface area contributed by atoms with E-state index in [-0.39, 0.29) is 11.8 Å². The minimum Gasteiger partial charge on any atom is -0.343 e. The average Bonchev–Trinajstić information content (AvgIpc) is 3.16. The SMILES string of the molecule is NC1(C(=O)Nc2ccc(CCC(=O)N3CCCC3)cc2)CCCCC1. The van der Waals surface area contributed by atoms with Gasteiger partial charge in [-0.2, -0.15) is 0 Å². The molecule has 1 saturated carbocycles. The first-order chi connectivity index (χ1) is 12.1. The van der Waals surface area contributed by atoms with Crippen LogP contribution in [0.25, 0.3) is 0 Å². The van der Waals surface area contributed by atoms with Crippen LogP contribution < -0.4 is 11.1 Å². The van der Waals surface area contributed by atoms with Gasteiger partial charge in [0.25, 0.3) is 0 Å². The van der Waals surface area contributed by atoms with Crippen molar-refractivity contribution in [2.45, 2.75) is 63.3 Å². The molecule has 0 atom stereocenters. The van der Waals surface area contributed by atoms with Crippen molar-refractivity contribution in [2.75, 3.05) is 18.4 Å². The van der Waals surface area contributed by atoms with E-state index in [2.05, 4.69) is 5.32 Å². The molecule has 1 heterocycles. The molecule has 0 aromatic heterocycles. The summed E-state index contributed by atoms with van der Waals surface area (Å²) in [5.41, 5.74) is 7.43. The van der Waals surface area contributed by atoms with Crippen molar-refractivity contribution >= 4 is 17.5 Å². The molecule has 0 unspecified atom stereocenters. The van der Waals surface area contributed by atoms with Crippen LogP contribution in [-0.4, -0.2) is 35.3 Å². The van der Waals surface area contributed by atoms with Crippen LogP contribution in [0.1, 0.15) is 56.9 Å². The Bertz CT molecular complexity index is 600. The Morgan fingerprint density at radius 2 is 1.64 bits per heavy atom. The Labute approximate surface area is 150 Å². The summed E-state index contributed by atoms with van der Waals surface area (Å²) in [7, 11) is 0. The van der Waals surface area contributed by atoms with Crippen molar-refractivity contribution in [3.8, 4) is 0 Å². The molecule has 5 heteroatoms. The van der Waals surface area contributed by atoms with Crippen LogP contribution >= 0.6 is 0 Å². The first-order valence-corrected chi connectivity index (χ1v) is 9.54. The van der Waals surface area contributed by atoms with E-state index in [4.69, 9.17) is 5.73 Å². The van der Waals surface area contributed by atoms with Crippen molar-refractivity contribution in [1.82, 2.24) is 4.90 Å². The van der Waals surface area contributed by atoms with E-state index in [9.17, 15) is 9.59 Å². The Hall–Kier alpha value is -1.88. The van der Waals surface area contributed by atoms with Crippen LogP contribution in [0.5, 0.6) is 0 Å². The Kier molecular flexibility index (Phi) is 5.74. The summed E-state index contributed by atoms with van der Waals surface area (Å²) in [6, 6.07) is 7.77. The standard InChI is InChI=1S/C20H29N3O2/c21-20(12-2-1-3-13-20)19(25)22-17-9-6-16(7-10-17)8-11-18(24)23-14-4-5-15-23/h6-7,9-10H,1-5,8,11-15,21H2,(H,22,25). The van der Waals surface area contributed by atoms with Gasteiger partial charge in [-0.3, -0.25) is 9.59 Å². The second-order valence-corrected chi connectivity index (χ2v) is 7.46. The van der Waals surface area contributed by atoms with E-state index in [0.29, 0.717) is 6.42 Å². The first-order valence-electron chi connectivity index (χ1n) is 9.54. The molecular weight excluding hydrogens is 314 g/mol.